The highest BCUT2D eigenvalue weighted by Crippen LogP contribution is 2.38. The highest BCUT2D eigenvalue weighted by atomic mass is 32.1. The zero-order valence-electron chi connectivity index (χ0n) is 9.39. The number of hydrogen-bond acceptors (Lipinski definition) is 3. The van der Waals surface area contributed by atoms with Crippen molar-refractivity contribution in [1.29, 1.82) is 5.26 Å². The van der Waals surface area contributed by atoms with Crippen molar-refractivity contribution in [2.75, 3.05) is 0 Å². The third kappa shape index (κ3) is 1.85. The number of aromatic nitrogens is 1. The number of nitriles is 1. The minimum Gasteiger partial charge on any atom is -0.250 e. The van der Waals surface area contributed by atoms with E-state index < -0.39 is 0 Å². The van der Waals surface area contributed by atoms with Gasteiger partial charge in [-0.3, -0.25) is 0 Å². The largest absolute Gasteiger partial charge is 0.250 e. The number of rotatable bonds is 2. The van der Waals surface area contributed by atoms with Gasteiger partial charge in [-0.25, -0.2) is 4.98 Å². The molecule has 0 unspecified atom stereocenters. The van der Waals surface area contributed by atoms with E-state index in [9.17, 15) is 5.26 Å². The molecule has 0 saturated heterocycles. The first-order valence-corrected chi connectivity index (χ1v) is 6.61. The maximum Gasteiger partial charge on any atom is 0.0794 e. The summed E-state index contributed by atoms with van der Waals surface area (Å²) in [4.78, 5) is 4.30. The zero-order valence-corrected chi connectivity index (χ0v) is 10.2. The second-order valence-electron chi connectivity index (χ2n) is 4.67. The van der Waals surface area contributed by atoms with Crippen LogP contribution in [0.1, 0.15) is 16.8 Å². The predicted molar refractivity (Wildman–Crippen MR) is 67.7 cm³/mol. The van der Waals surface area contributed by atoms with Crippen LogP contribution in [0.2, 0.25) is 0 Å². The van der Waals surface area contributed by atoms with E-state index in [0.717, 1.165) is 25.0 Å². The average Bonchev–Trinajstić information content (AvgIpc) is 2.96. The first-order valence-electron chi connectivity index (χ1n) is 5.66. The molecule has 1 aliphatic carbocycles. The lowest BCUT2D eigenvalue weighted by atomic mass is 9.82. The Labute approximate surface area is 105 Å². The molecule has 0 atom stereocenters. The van der Waals surface area contributed by atoms with Gasteiger partial charge in [0.05, 0.1) is 22.7 Å². The monoisotopic (exact) mass is 240 g/mol. The molecular formula is C14H12N2S. The van der Waals surface area contributed by atoms with E-state index in [1.807, 2.05) is 10.9 Å². The Morgan fingerprint density at radius 1 is 1.29 bits per heavy atom. The van der Waals surface area contributed by atoms with Crippen molar-refractivity contribution in [2.24, 2.45) is 5.41 Å². The summed E-state index contributed by atoms with van der Waals surface area (Å²) in [5.74, 6) is 0. The molecule has 0 N–H and O–H groups in total. The van der Waals surface area contributed by atoms with E-state index >= 15 is 0 Å². The highest BCUT2D eigenvalue weighted by molar-refractivity contribution is 7.07. The standard InChI is InChI=1S/C14H12N2S/c15-9-14(7-13-8-17-10-16-13)5-11-3-1-2-4-12(11)6-14/h1-4,8,10H,5-7H2. The van der Waals surface area contributed by atoms with Gasteiger partial charge in [-0.15, -0.1) is 11.3 Å². The maximum atomic E-state index is 9.51. The van der Waals surface area contributed by atoms with Crippen LogP contribution >= 0.6 is 11.3 Å². The Kier molecular flexibility index (Phi) is 2.45. The molecule has 84 valence electrons. The topological polar surface area (TPSA) is 36.7 Å². The Morgan fingerprint density at radius 3 is 2.53 bits per heavy atom. The van der Waals surface area contributed by atoms with Crippen molar-refractivity contribution < 1.29 is 0 Å². The van der Waals surface area contributed by atoms with Crippen LogP contribution in [0.25, 0.3) is 0 Å². The molecule has 0 spiro atoms. The molecule has 1 aliphatic rings. The summed E-state index contributed by atoms with van der Waals surface area (Å²) in [6, 6.07) is 10.9. The molecule has 3 rings (SSSR count). The molecule has 0 aliphatic heterocycles. The molecule has 0 saturated carbocycles. The van der Waals surface area contributed by atoms with Crippen LogP contribution in [-0.4, -0.2) is 4.98 Å². The molecule has 0 bridgehead atoms. The fraction of sp³-hybridized carbons (Fsp3) is 0.286. The summed E-state index contributed by atoms with van der Waals surface area (Å²) in [5, 5.41) is 11.6. The van der Waals surface area contributed by atoms with Crippen LogP contribution in [-0.2, 0) is 19.3 Å². The number of fused-ring (bicyclic) bond motifs is 1. The summed E-state index contributed by atoms with van der Waals surface area (Å²) in [7, 11) is 0. The van der Waals surface area contributed by atoms with E-state index in [1.165, 1.54) is 11.1 Å². The van der Waals surface area contributed by atoms with Crippen molar-refractivity contribution in [3.8, 4) is 6.07 Å². The number of nitrogens with zero attached hydrogens (tertiary/aromatic N) is 2. The smallest absolute Gasteiger partial charge is 0.0794 e. The van der Waals surface area contributed by atoms with Gasteiger partial charge in [0.15, 0.2) is 0 Å². The van der Waals surface area contributed by atoms with Crippen LogP contribution < -0.4 is 0 Å². The summed E-state index contributed by atoms with van der Waals surface area (Å²) in [6.45, 7) is 0. The Balaban J connectivity index is 1.90. The number of benzene rings is 1. The van der Waals surface area contributed by atoms with Crippen molar-refractivity contribution >= 4 is 11.3 Å². The molecule has 0 radical (unpaired) electrons. The van der Waals surface area contributed by atoms with Crippen molar-refractivity contribution in [3.05, 3.63) is 52.0 Å². The molecule has 1 heterocycles. The van der Waals surface area contributed by atoms with E-state index in [1.54, 1.807) is 11.3 Å². The fourth-order valence-corrected chi connectivity index (χ4v) is 3.17. The van der Waals surface area contributed by atoms with Crippen molar-refractivity contribution in [3.63, 3.8) is 0 Å². The minimum absolute atomic E-state index is 0.280. The first-order chi connectivity index (χ1) is 8.31. The van der Waals surface area contributed by atoms with E-state index in [-0.39, 0.29) is 5.41 Å². The molecule has 2 aromatic rings. The summed E-state index contributed by atoms with van der Waals surface area (Å²) < 4.78 is 0. The predicted octanol–water partition coefficient (Wildman–Crippen LogP) is 2.99. The first kappa shape index (κ1) is 10.5. The lowest BCUT2D eigenvalue weighted by molar-refractivity contribution is 0.414. The second-order valence-corrected chi connectivity index (χ2v) is 5.39. The van der Waals surface area contributed by atoms with Crippen LogP contribution in [0.15, 0.2) is 35.2 Å². The van der Waals surface area contributed by atoms with Crippen molar-refractivity contribution in [1.82, 2.24) is 4.98 Å². The van der Waals surface area contributed by atoms with Gasteiger partial charge in [0.2, 0.25) is 0 Å². The van der Waals surface area contributed by atoms with Gasteiger partial charge in [0.1, 0.15) is 0 Å². The van der Waals surface area contributed by atoms with Crippen LogP contribution in [0, 0.1) is 16.7 Å². The third-order valence-corrected chi connectivity index (χ3v) is 4.05. The van der Waals surface area contributed by atoms with Gasteiger partial charge in [-0.05, 0) is 24.0 Å². The molecular weight excluding hydrogens is 228 g/mol. The van der Waals surface area contributed by atoms with Crippen LogP contribution in [0.3, 0.4) is 0 Å². The molecule has 2 nitrogen and oxygen atoms in total. The van der Waals surface area contributed by atoms with Gasteiger partial charge in [-0.1, -0.05) is 24.3 Å². The molecule has 0 amide bonds. The SMILES string of the molecule is N#CC1(Cc2cscn2)Cc2ccccc2C1. The van der Waals surface area contributed by atoms with Crippen LogP contribution in [0.4, 0.5) is 0 Å². The Hall–Kier alpha value is -1.66. The number of hydrogen-bond donors (Lipinski definition) is 0. The van der Waals surface area contributed by atoms with E-state index in [4.69, 9.17) is 0 Å². The molecule has 1 aromatic carbocycles. The molecule has 0 fully saturated rings. The normalized spacial score (nSPS) is 16.4. The molecule has 3 heteroatoms. The average molecular weight is 240 g/mol. The zero-order chi connectivity index (χ0) is 11.7. The van der Waals surface area contributed by atoms with Gasteiger partial charge >= 0.3 is 0 Å². The summed E-state index contributed by atoms with van der Waals surface area (Å²) in [5.41, 5.74) is 5.25. The summed E-state index contributed by atoms with van der Waals surface area (Å²) in [6.07, 6.45) is 2.48. The van der Waals surface area contributed by atoms with Crippen molar-refractivity contribution in [2.45, 2.75) is 19.3 Å². The number of thiazole rings is 1. The summed E-state index contributed by atoms with van der Waals surface area (Å²) >= 11 is 1.60. The van der Waals surface area contributed by atoms with Gasteiger partial charge < -0.3 is 0 Å². The molecule has 1 aromatic heterocycles. The van der Waals surface area contributed by atoms with E-state index in [2.05, 4.69) is 35.3 Å². The van der Waals surface area contributed by atoms with E-state index in [0.29, 0.717) is 0 Å². The lowest BCUT2D eigenvalue weighted by Gasteiger charge is -2.18. The van der Waals surface area contributed by atoms with Gasteiger partial charge in [0, 0.05) is 11.8 Å². The molecule has 17 heavy (non-hydrogen) atoms. The lowest BCUT2D eigenvalue weighted by Crippen LogP contribution is -2.22. The third-order valence-electron chi connectivity index (χ3n) is 3.42. The fourth-order valence-electron chi connectivity index (χ4n) is 2.61. The Bertz CT molecular complexity index is 536. The highest BCUT2D eigenvalue weighted by Gasteiger charge is 2.37. The Morgan fingerprint density at radius 2 is 2.00 bits per heavy atom. The quantitative estimate of drug-likeness (QED) is 0.809. The minimum atomic E-state index is -0.280. The van der Waals surface area contributed by atoms with Gasteiger partial charge in [0.25, 0.3) is 0 Å². The van der Waals surface area contributed by atoms with Crippen LogP contribution in [0.5, 0.6) is 0 Å². The second kappa shape index (κ2) is 3.97. The maximum absolute atomic E-state index is 9.51. The van der Waals surface area contributed by atoms with Gasteiger partial charge in [-0.2, -0.15) is 5.26 Å².